The van der Waals surface area contributed by atoms with E-state index >= 15 is 0 Å². The Hall–Kier alpha value is -3.93. The molecule has 0 unspecified atom stereocenters. The number of hydrogen-bond acceptors (Lipinski definition) is 5. The Morgan fingerprint density at radius 3 is 1.85 bits per heavy atom. The number of nitrogens with one attached hydrogen (secondary N) is 1. The molecule has 0 saturated heterocycles. The fourth-order valence-electron chi connectivity index (χ4n) is 3.56. The third-order valence-electron chi connectivity index (χ3n) is 5.35. The summed E-state index contributed by atoms with van der Waals surface area (Å²) in [5.74, 6) is -0.298. The van der Waals surface area contributed by atoms with Crippen LogP contribution in [0.25, 0.3) is 0 Å². The lowest BCUT2D eigenvalue weighted by Gasteiger charge is -2.25. The Morgan fingerprint density at radius 1 is 0.765 bits per heavy atom. The van der Waals surface area contributed by atoms with Crippen molar-refractivity contribution in [1.29, 1.82) is 0 Å². The van der Waals surface area contributed by atoms with Crippen LogP contribution in [0.1, 0.15) is 44.1 Å². The van der Waals surface area contributed by atoms with Crippen molar-refractivity contribution in [1.82, 2.24) is 5.43 Å². The van der Waals surface area contributed by atoms with Gasteiger partial charge in [-0.05, 0) is 54.8 Å². The zero-order chi connectivity index (χ0) is 24.0. The molecule has 0 atom stereocenters. The average Bonchev–Trinajstić information content (AvgIpc) is 2.88. The monoisotopic (exact) mass is 457 g/mol. The van der Waals surface area contributed by atoms with Crippen LogP contribution in [0.4, 0.5) is 17.1 Å². The predicted molar refractivity (Wildman–Crippen MR) is 137 cm³/mol. The smallest absolute Gasteiger partial charge is 0.305 e. The minimum absolute atomic E-state index is 0.111. The standard InChI is InChI=1S/C28H31N3O3/c1-34-28(33)17-11-3-2-10-16-27(32)30-29-22-23-18-20-26(21-19-23)31(24-12-6-4-7-13-24)25-14-8-5-9-15-25/h4-9,12-15,18-22H,2-3,10-11,16-17H2,1H3,(H,30,32)/b29-22+. The number of para-hydroxylation sites is 2. The molecule has 0 fully saturated rings. The van der Waals surface area contributed by atoms with E-state index in [1.807, 2.05) is 60.7 Å². The SMILES string of the molecule is COC(=O)CCCCCCC(=O)N/N=C/c1ccc(N(c2ccccc2)c2ccccc2)cc1. The maximum Gasteiger partial charge on any atom is 0.305 e. The zero-order valence-electron chi connectivity index (χ0n) is 19.5. The van der Waals surface area contributed by atoms with Crippen molar-refractivity contribution in [3.63, 3.8) is 0 Å². The van der Waals surface area contributed by atoms with Crippen LogP contribution < -0.4 is 10.3 Å². The van der Waals surface area contributed by atoms with Gasteiger partial charge in [0.25, 0.3) is 0 Å². The van der Waals surface area contributed by atoms with Crippen LogP contribution in [0, 0.1) is 0 Å². The summed E-state index contributed by atoms with van der Waals surface area (Å²) in [6, 6.07) is 28.5. The summed E-state index contributed by atoms with van der Waals surface area (Å²) in [4.78, 5) is 25.2. The topological polar surface area (TPSA) is 71.0 Å². The van der Waals surface area contributed by atoms with Crippen LogP contribution in [0.15, 0.2) is 90.0 Å². The number of nitrogens with zero attached hydrogens (tertiary/aromatic N) is 2. The van der Waals surface area contributed by atoms with Gasteiger partial charge < -0.3 is 9.64 Å². The molecule has 34 heavy (non-hydrogen) atoms. The molecule has 0 heterocycles. The third-order valence-corrected chi connectivity index (χ3v) is 5.35. The van der Waals surface area contributed by atoms with Gasteiger partial charge in [-0.25, -0.2) is 5.43 Å². The number of ether oxygens (including phenoxy) is 1. The van der Waals surface area contributed by atoms with Gasteiger partial charge in [0, 0.05) is 29.9 Å². The Kier molecular flexibility index (Phi) is 9.87. The molecule has 176 valence electrons. The summed E-state index contributed by atoms with van der Waals surface area (Å²) < 4.78 is 4.61. The number of methoxy groups -OCH3 is 1. The summed E-state index contributed by atoms with van der Waals surface area (Å²) >= 11 is 0. The lowest BCUT2D eigenvalue weighted by molar-refractivity contribution is -0.140. The van der Waals surface area contributed by atoms with Crippen molar-refractivity contribution in [2.45, 2.75) is 38.5 Å². The first-order chi connectivity index (χ1) is 16.7. The molecule has 1 N–H and O–H groups in total. The molecule has 0 radical (unpaired) electrons. The number of esters is 1. The van der Waals surface area contributed by atoms with Crippen molar-refractivity contribution >= 4 is 35.2 Å². The van der Waals surface area contributed by atoms with E-state index in [9.17, 15) is 9.59 Å². The van der Waals surface area contributed by atoms with Gasteiger partial charge in [0.2, 0.25) is 5.91 Å². The van der Waals surface area contributed by atoms with Crippen molar-refractivity contribution in [2.75, 3.05) is 12.0 Å². The average molecular weight is 458 g/mol. The molecule has 3 aromatic carbocycles. The second kappa shape index (κ2) is 13.6. The third kappa shape index (κ3) is 7.89. The summed E-state index contributed by atoms with van der Waals surface area (Å²) in [5.41, 5.74) is 6.67. The molecule has 6 nitrogen and oxygen atoms in total. The second-order valence-electron chi connectivity index (χ2n) is 7.88. The first-order valence-corrected chi connectivity index (χ1v) is 11.6. The summed E-state index contributed by atoms with van der Waals surface area (Å²) in [5, 5.41) is 4.08. The molecule has 0 bridgehead atoms. The number of benzene rings is 3. The number of carbonyl (C=O) groups excluding carboxylic acids is 2. The van der Waals surface area contributed by atoms with E-state index in [0.717, 1.165) is 48.3 Å². The Balaban J connectivity index is 1.51. The molecule has 0 aliphatic carbocycles. The van der Waals surface area contributed by atoms with Crippen LogP contribution in [0.2, 0.25) is 0 Å². The number of anilines is 3. The van der Waals surface area contributed by atoms with Gasteiger partial charge in [-0.3, -0.25) is 9.59 Å². The van der Waals surface area contributed by atoms with E-state index in [4.69, 9.17) is 0 Å². The van der Waals surface area contributed by atoms with Crippen molar-refractivity contribution in [3.05, 3.63) is 90.5 Å². The summed E-state index contributed by atoms with van der Waals surface area (Å²) in [6.45, 7) is 0. The maximum atomic E-state index is 12.0. The predicted octanol–water partition coefficient (Wildman–Crippen LogP) is 6.12. The maximum absolute atomic E-state index is 12.0. The van der Waals surface area contributed by atoms with Crippen LogP contribution in [0.3, 0.4) is 0 Å². The summed E-state index contributed by atoms with van der Waals surface area (Å²) in [6.07, 6.45) is 5.85. The molecule has 3 aromatic rings. The fraction of sp³-hybridized carbons (Fsp3) is 0.250. The molecule has 0 aromatic heterocycles. The van der Waals surface area contributed by atoms with E-state index in [0.29, 0.717) is 12.8 Å². The lowest BCUT2D eigenvalue weighted by atomic mass is 10.1. The Bertz CT molecular complexity index is 1010. The van der Waals surface area contributed by atoms with Crippen molar-refractivity contribution < 1.29 is 14.3 Å². The molecular weight excluding hydrogens is 426 g/mol. The number of unbranched alkanes of at least 4 members (excludes halogenated alkanes) is 3. The minimum Gasteiger partial charge on any atom is -0.469 e. The largest absolute Gasteiger partial charge is 0.469 e. The first kappa shape index (κ1) is 24.7. The van der Waals surface area contributed by atoms with Crippen LogP contribution in [-0.4, -0.2) is 25.2 Å². The van der Waals surface area contributed by atoms with Gasteiger partial charge in [-0.2, -0.15) is 5.10 Å². The van der Waals surface area contributed by atoms with Gasteiger partial charge >= 0.3 is 5.97 Å². The summed E-state index contributed by atoms with van der Waals surface area (Å²) in [7, 11) is 1.39. The number of hydrogen-bond donors (Lipinski definition) is 1. The highest BCUT2D eigenvalue weighted by Gasteiger charge is 2.11. The van der Waals surface area contributed by atoms with Gasteiger partial charge in [0.05, 0.1) is 13.3 Å². The van der Waals surface area contributed by atoms with E-state index in [1.165, 1.54) is 7.11 Å². The quantitative estimate of drug-likeness (QED) is 0.154. The van der Waals surface area contributed by atoms with Crippen molar-refractivity contribution in [3.8, 4) is 0 Å². The minimum atomic E-state index is -0.187. The molecule has 0 saturated carbocycles. The fourth-order valence-corrected chi connectivity index (χ4v) is 3.56. The van der Waals surface area contributed by atoms with Gasteiger partial charge in [0.15, 0.2) is 0 Å². The molecule has 0 spiro atoms. The molecule has 0 aliphatic rings. The highest BCUT2D eigenvalue weighted by molar-refractivity contribution is 5.84. The van der Waals surface area contributed by atoms with Crippen molar-refractivity contribution in [2.24, 2.45) is 5.10 Å². The molecule has 6 heteroatoms. The second-order valence-corrected chi connectivity index (χ2v) is 7.88. The normalized spacial score (nSPS) is 10.7. The van der Waals surface area contributed by atoms with Crippen LogP contribution >= 0.6 is 0 Å². The van der Waals surface area contributed by atoms with Gasteiger partial charge in [0.1, 0.15) is 0 Å². The molecular formula is C28H31N3O3. The molecule has 0 aliphatic heterocycles. The zero-order valence-corrected chi connectivity index (χ0v) is 19.5. The first-order valence-electron chi connectivity index (χ1n) is 11.6. The van der Waals surface area contributed by atoms with E-state index in [2.05, 4.69) is 44.4 Å². The highest BCUT2D eigenvalue weighted by atomic mass is 16.5. The number of carbonyl (C=O) groups is 2. The highest BCUT2D eigenvalue weighted by Crippen LogP contribution is 2.33. The Labute approximate surface area is 201 Å². The van der Waals surface area contributed by atoms with Crippen LogP contribution in [-0.2, 0) is 14.3 Å². The number of amides is 1. The van der Waals surface area contributed by atoms with E-state index in [-0.39, 0.29) is 11.9 Å². The lowest BCUT2D eigenvalue weighted by Crippen LogP contribution is -2.16. The van der Waals surface area contributed by atoms with E-state index < -0.39 is 0 Å². The van der Waals surface area contributed by atoms with Gasteiger partial charge in [-0.15, -0.1) is 0 Å². The van der Waals surface area contributed by atoms with Gasteiger partial charge in [-0.1, -0.05) is 61.4 Å². The number of hydrazone groups is 1. The molecule has 1 amide bonds. The van der Waals surface area contributed by atoms with E-state index in [1.54, 1.807) is 6.21 Å². The number of rotatable bonds is 12. The Morgan fingerprint density at radius 2 is 1.29 bits per heavy atom. The molecule has 3 rings (SSSR count). The van der Waals surface area contributed by atoms with Crippen LogP contribution in [0.5, 0.6) is 0 Å².